The maximum absolute atomic E-state index is 12.2. The van der Waals surface area contributed by atoms with Crippen LogP contribution in [-0.4, -0.2) is 28.0 Å². The number of aryl methyl sites for hydroxylation is 1. The van der Waals surface area contributed by atoms with Crippen LogP contribution in [0.3, 0.4) is 0 Å². The number of urea groups is 1. The molecular formula is C20H21N5O2. The van der Waals surface area contributed by atoms with Gasteiger partial charge in [0.2, 0.25) is 0 Å². The molecule has 3 rings (SSSR count). The van der Waals surface area contributed by atoms with Crippen molar-refractivity contribution < 1.29 is 9.59 Å². The lowest BCUT2D eigenvalue weighted by Gasteiger charge is -2.09. The number of aromatic nitrogens is 2. The van der Waals surface area contributed by atoms with E-state index in [9.17, 15) is 9.59 Å². The maximum atomic E-state index is 12.2. The molecule has 0 bridgehead atoms. The first kappa shape index (κ1) is 18.2. The Morgan fingerprint density at radius 3 is 2.37 bits per heavy atom. The zero-order valence-electron chi connectivity index (χ0n) is 14.8. The van der Waals surface area contributed by atoms with Crippen LogP contribution in [-0.2, 0) is 6.54 Å². The molecule has 0 aliphatic carbocycles. The monoisotopic (exact) mass is 363 g/mol. The largest absolute Gasteiger partial charge is 0.338 e. The van der Waals surface area contributed by atoms with Crippen molar-refractivity contribution in [2.24, 2.45) is 0 Å². The van der Waals surface area contributed by atoms with Crippen LogP contribution in [0, 0.1) is 0 Å². The Balaban J connectivity index is 1.42. The number of imidazole rings is 1. The fourth-order valence-corrected chi connectivity index (χ4v) is 2.49. The zero-order chi connectivity index (χ0) is 18.9. The van der Waals surface area contributed by atoms with Crippen molar-refractivity contribution in [3.8, 4) is 0 Å². The summed E-state index contributed by atoms with van der Waals surface area (Å²) < 4.78 is 1.96. The number of nitrogens with one attached hydrogen (secondary N) is 3. The molecule has 3 aromatic rings. The van der Waals surface area contributed by atoms with Crippen LogP contribution in [0.15, 0.2) is 73.3 Å². The van der Waals surface area contributed by atoms with Gasteiger partial charge in [-0.05, 0) is 42.8 Å². The summed E-state index contributed by atoms with van der Waals surface area (Å²) in [6.45, 7) is 1.35. The third-order valence-corrected chi connectivity index (χ3v) is 3.87. The molecule has 0 spiro atoms. The quantitative estimate of drug-likeness (QED) is 0.563. The number of nitrogens with zero attached hydrogens (tertiary/aromatic N) is 2. The van der Waals surface area contributed by atoms with Crippen molar-refractivity contribution in [1.82, 2.24) is 14.9 Å². The lowest BCUT2D eigenvalue weighted by Crippen LogP contribution is -2.30. The van der Waals surface area contributed by atoms with E-state index in [1.54, 1.807) is 36.8 Å². The molecule has 0 aliphatic rings. The first-order valence-electron chi connectivity index (χ1n) is 8.68. The van der Waals surface area contributed by atoms with Crippen LogP contribution >= 0.6 is 0 Å². The second-order valence-electron chi connectivity index (χ2n) is 5.93. The minimum absolute atomic E-state index is 0.197. The van der Waals surface area contributed by atoms with Crippen LogP contribution in [0.1, 0.15) is 16.8 Å². The molecular weight excluding hydrogens is 342 g/mol. The van der Waals surface area contributed by atoms with Crippen LogP contribution in [0.4, 0.5) is 16.2 Å². The number of hydrogen-bond donors (Lipinski definition) is 3. The average molecular weight is 363 g/mol. The van der Waals surface area contributed by atoms with Crippen molar-refractivity contribution in [2.45, 2.75) is 13.0 Å². The Kier molecular flexibility index (Phi) is 6.19. The minimum Gasteiger partial charge on any atom is -0.338 e. The molecule has 0 saturated heterocycles. The first-order valence-corrected chi connectivity index (χ1v) is 8.68. The molecule has 7 heteroatoms. The van der Waals surface area contributed by atoms with Crippen molar-refractivity contribution >= 4 is 23.3 Å². The highest BCUT2D eigenvalue weighted by molar-refractivity contribution is 6.04. The first-order chi connectivity index (χ1) is 13.2. The normalized spacial score (nSPS) is 10.2. The van der Waals surface area contributed by atoms with Crippen molar-refractivity contribution in [3.63, 3.8) is 0 Å². The van der Waals surface area contributed by atoms with Gasteiger partial charge in [0.05, 0.1) is 6.33 Å². The highest BCUT2D eigenvalue weighted by Gasteiger charge is 2.07. The lowest BCUT2D eigenvalue weighted by atomic mass is 10.2. The summed E-state index contributed by atoms with van der Waals surface area (Å²) in [5.74, 6) is -0.197. The predicted octanol–water partition coefficient (Wildman–Crippen LogP) is 3.35. The van der Waals surface area contributed by atoms with Gasteiger partial charge in [0, 0.05) is 42.4 Å². The summed E-state index contributed by atoms with van der Waals surface area (Å²) in [6, 6.07) is 15.7. The summed E-state index contributed by atoms with van der Waals surface area (Å²) >= 11 is 0. The third kappa shape index (κ3) is 5.71. The molecule has 0 unspecified atom stereocenters. The van der Waals surface area contributed by atoms with Crippen LogP contribution in [0.5, 0.6) is 0 Å². The summed E-state index contributed by atoms with van der Waals surface area (Å²) in [4.78, 5) is 28.1. The maximum Gasteiger partial charge on any atom is 0.319 e. The highest BCUT2D eigenvalue weighted by Crippen LogP contribution is 2.12. The average Bonchev–Trinajstić information content (AvgIpc) is 3.20. The molecule has 0 aliphatic heterocycles. The number of hydrogen-bond acceptors (Lipinski definition) is 3. The molecule has 0 radical (unpaired) electrons. The lowest BCUT2D eigenvalue weighted by molar-refractivity contribution is 0.102. The number of para-hydroxylation sites is 1. The van der Waals surface area contributed by atoms with Gasteiger partial charge >= 0.3 is 6.03 Å². The topological polar surface area (TPSA) is 88.1 Å². The molecule has 1 heterocycles. The van der Waals surface area contributed by atoms with E-state index in [4.69, 9.17) is 0 Å². The summed E-state index contributed by atoms with van der Waals surface area (Å²) in [5.41, 5.74) is 1.88. The Hall–Kier alpha value is -3.61. The smallest absolute Gasteiger partial charge is 0.319 e. The van der Waals surface area contributed by atoms with E-state index in [2.05, 4.69) is 20.9 Å². The fourth-order valence-electron chi connectivity index (χ4n) is 2.49. The molecule has 138 valence electrons. The standard InChI is InChI=1S/C20H21N5O2/c26-19(23-17-5-2-1-3-6-17)16-7-9-18(10-8-16)24-20(27)22-11-4-13-25-14-12-21-15-25/h1-3,5-10,12,14-15H,4,11,13H2,(H,23,26)(H2,22,24,27). The van der Waals surface area contributed by atoms with Crippen molar-refractivity contribution in [2.75, 3.05) is 17.2 Å². The Morgan fingerprint density at radius 1 is 0.926 bits per heavy atom. The number of anilines is 2. The molecule has 7 nitrogen and oxygen atoms in total. The van der Waals surface area contributed by atoms with Crippen LogP contribution < -0.4 is 16.0 Å². The van der Waals surface area contributed by atoms with E-state index in [0.29, 0.717) is 17.8 Å². The van der Waals surface area contributed by atoms with E-state index in [1.807, 2.05) is 41.1 Å². The van der Waals surface area contributed by atoms with E-state index >= 15 is 0 Å². The molecule has 1 aromatic heterocycles. The second-order valence-corrected chi connectivity index (χ2v) is 5.93. The predicted molar refractivity (Wildman–Crippen MR) is 105 cm³/mol. The highest BCUT2D eigenvalue weighted by atomic mass is 16.2. The molecule has 0 saturated carbocycles. The Morgan fingerprint density at radius 2 is 1.67 bits per heavy atom. The van der Waals surface area contributed by atoms with Crippen LogP contribution in [0.25, 0.3) is 0 Å². The Labute approximate surface area is 157 Å². The number of benzene rings is 2. The van der Waals surface area contributed by atoms with Gasteiger partial charge in [-0.3, -0.25) is 4.79 Å². The van der Waals surface area contributed by atoms with Crippen LogP contribution in [0.2, 0.25) is 0 Å². The second kappa shape index (κ2) is 9.19. The van der Waals surface area contributed by atoms with E-state index in [-0.39, 0.29) is 11.9 Å². The number of carbonyl (C=O) groups excluding carboxylic acids is 2. The van der Waals surface area contributed by atoms with Gasteiger partial charge in [0.15, 0.2) is 0 Å². The number of carbonyl (C=O) groups is 2. The minimum atomic E-state index is -0.276. The third-order valence-electron chi connectivity index (χ3n) is 3.87. The van der Waals surface area contributed by atoms with E-state index in [0.717, 1.165) is 18.7 Å². The van der Waals surface area contributed by atoms with E-state index in [1.165, 1.54) is 0 Å². The molecule has 27 heavy (non-hydrogen) atoms. The molecule has 0 fully saturated rings. The van der Waals surface area contributed by atoms with Gasteiger partial charge < -0.3 is 20.5 Å². The molecule has 3 amide bonds. The summed E-state index contributed by atoms with van der Waals surface area (Å²) in [6.07, 6.45) is 6.16. The number of rotatable bonds is 7. The van der Waals surface area contributed by atoms with Gasteiger partial charge in [-0.2, -0.15) is 0 Å². The van der Waals surface area contributed by atoms with Gasteiger partial charge in [0.25, 0.3) is 5.91 Å². The zero-order valence-corrected chi connectivity index (χ0v) is 14.8. The summed E-state index contributed by atoms with van der Waals surface area (Å²) in [7, 11) is 0. The fraction of sp³-hybridized carbons (Fsp3) is 0.150. The van der Waals surface area contributed by atoms with Gasteiger partial charge in [0.1, 0.15) is 0 Å². The van der Waals surface area contributed by atoms with Crippen molar-refractivity contribution in [3.05, 3.63) is 78.9 Å². The summed E-state index contributed by atoms with van der Waals surface area (Å²) in [5, 5.41) is 8.37. The van der Waals surface area contributed by atoms with Gasteiger partial charge in [-0.1, -0.05) is 18.2 Å². The molecule has 3 N–H and O–H groups in total. The SMILES string of the molecule is O=C(NCCCn1ccnc1)Nc1ccc(C(=O)Nc2ccccc2)cc1. The Bertz CT molecular complexity index is 861. The number of amides is 3. The van der Waals surface area contributed by atoms with Gasteiger partial charge in [-0.15, -0.1) is 0 Å². The van der Waals surface area contributed by atoms with Gasteiger partial charge in [-0.25, -0.2) is 9.78 Å². The van der Waals surface area contributed by atoms with Crippen molar-refractivity contribution in [1.29, 1.82) is 0 Å². The molecule has 0 atom stereocenters. The van der Waals surface area contributed by atoms with E-state index < -0.39 is 0 Å². The molecule has 2 aromatic carbocycles.